The topological polar surface area (TPSA) is 104 Å². The Morgan fingerprint density at radius 2 is 1.96 bits per heavy atom. The van der Waals surface area contributed by atoms with Crippen LogP contribution in [0.4, 0.5) is 5.69 Å². The number of aryl methyl sites for hydroxylation is 2. The Morgan fingerprint density at radius 3 is 2.54 bits per heavy atom. The predicted octanol–water partition coefficient (Wildman–Crippen LogP) is 1.87. The van der Waals surface area contributed by atoms with E-state index in [0.717, 1.165) is 17.8 Å². The van der Waals surface area contributed by atoms with Crippen molar-refractivity contribution in [3.8, 4) is 5.75 Å². The zero-order valence-corrected chi connectivity index (χ0v) is 17.2. The van der Waals surface area contributed by atoms with Gasteiger partial charge in [0.1, 0.15) is 12.3 Å². The lowest BCUT2D eigenvalue weighted by molar-refractivity contribution is -0.114. The van der Waals surface area contributed by atoms with Crippen LogP contribution in [0.25, 0.3) is 0 Å². The number of benzene rings is 1. The summed E-state index contributed by atoms with van der Waals surface area (Å²) < 4.78 is 1.89. The van der Waals surface area contributed by atoms with Crippen LogP contribution in [-0.2, 0) is 18.3 Å². The van der Waals surface area contributed by atoms with E-state index in [4.69, 9.17) is 0 Å². The highest BCUT2D eigenvalue weighted by molar-refractivity contribution is 5.94. The van der Waals surface area contributed by atoms with Crippen molar-refractivity contribution in [1.82, 2.24) is 20.4 Å². The van der Waals surface area contributed by atoms with Gasteiger partial charge in [-0.25, -0.2) is 4.99 Å². The van der Waals surface area contributed by atoms with E-state index >= 15 is 0 Å². The van der Waals surface area contributed by atoms with Crippen molar-refractivity contribution in [2.75, 3.05) is 18.4 Å². The molecule has 4 N–H and O–H groups in total. The molecule has 0 saturated heterocycles. The van der Waals surface area contributed by atoms with Crippen molar-refractivity contribution < 1.29 is 9.90 Å². The lowest BCUT2D eigenvalue weighted by Gasteiger charge is -2.18. The third kappa shape index (κ3) is 6.00. The second kappa shape index (κ2) is 9.77. The monoisotopic (exact) mass is 386 g/mol. The number of hydrogen-bond donors (Lipinski definition) is 4. The highest BCUT2D eigenvalue weighted by Crippen LogP contribution is 2.14. The van der Waals surface area contributed by atoms with Gasteiger partial charge in [-0.05, 0) is 63.9 Å². The Balaban J connectivity index is 1.95. The molecule has 0 fully saturated rings. The summed E-state index contributed by atoms with van der Waals surface area (Å²) in [5.41, 5.74) is 4.03. The van der Waals surface area contributed by atoms with Crippen molar-refractivity contribution in [2.24, 2.45) is 12.0 Å². The van der Waals surface area contributed by atoms with Crippen molar-refractivity contribution in [3.05, 3.63) is 41.2 Å². The highest BCUT2D eigenvalue weighted by atomic mass is 16.3. The number of aromatic nitrogens is 2. The average Bonchev–Trinajstić information content (AvgIpc) is 2.88. The summed E-state index contributed by atoms with van der Waals surface area (Å²) in [6.45, 7) is 8.83. The minimum atomic E-state index is -0.227. The number of carbonyl (C=O) groups excluding carboxylic acids is 1. The molecule has 1 aromatic carbocycles. The molecule has 0 saturated carbocycles. The Hall–Kier alpha value is -3.03. The number of amides is 1. The number of hydrogen-bond acceptors (Lipinski definition) is 4. The number of nitrogens with zero attached hydrogens (tertiary/aromatic N) is 3. The van der Waals surface area contributed by atoms with E-state index in [1.54, 1.807) is 12.1 Å². The molecule has 0 radical (unpaired) electrons. The minimum absolute atomic E-state index is 0.00607. The predicted molar refractivity (Wildman–Crippen MR) is 112 cm³/mol. The number of carbonyl (C=O) groups is 1. The number of aliphatic imine (C=N–C) groups is 1. The van der Waals surface area contributed by atoms with Crippen LogP contribution >= 0.6 is 0 Å². The fraction of sp³-hybridized carbons (Fsp3) is 0.450. The van der Waals surface area contributed by atoms with Crippen LogP contribution in [-0.4, -0.2) is 45.9 Å². The Morgan fingerprint density at radius 1 is 1.29 bits per heavy atom. The number of nitrogens with one attached hydrogen (secondary N) is 3. The first-order valence-electron chi connectivity index (χ1n) is 9.43. The molecule has 0 aliphatic carbocycles. The van der Waals surface area contributed by atoms with Gasteiger partial charge in [0.2, 0.25) is 5.91 Å². The van der Waals surface area contributed by atoms with Crippen LogP contribution in [0.5, 0.6) is 5.75 Å². The molecular weight excluding hydrogens is 356 g/mol. The zero-order valence-electron chi connectivity index (χ0n) is 17.2. The first-order chi connectivity index (χ1) is 13.3. The SMILES string of the molecule is CCNC(=NCC(=O)Nc1ccc(O)cc1)NC(C)Cc1c(C)nn(C)c1C. The molecule has 8 nitrogen and oxygen atoms in total. The van der Waals surface area contributed by atoms with Crippen LogP contribution in [0.2, 0.25) is 0 Å². The smallest absolute Gasteiger partial charge is 0.246 e. The maximum absolute atomic E-state index is 12.1. The van der Waals surface area contributed by atoms with Crippen LogP contribution in [0, 0.1) is 13.8 Å². The van der Waals surface area contributed by atoms with Gasteiger partial charge in [-0.3, -0.25) is 9.48 Å². The number of phenols is 1. The molecule has 152 valence electrons. The van der Waals surface area contributed by atoms with Gasteiger partial charge in [-0.1, -0.05) is 0 Å². The van der Waals surface area contributed by atoms with Crippen molar-refractivity contribution in [1.29, 1.82) is 0 Å². The molecule has 1 amide bonds. The summed E-state index contributed by atoms with van der Waals surface area (Å²) in [7, 11) is 1.95. The quantitative estimate of drug-likeness (QED) is 0.330. The maximum atomic E-state index is 12.1. The number of aromatic hydroxyl groups is 1. The summed E-state index contributed by atoms with van der Waals surface area (Å²) in [6.07, 6.45) is 0.815. The molecule has 1 aromatic heterocycles. The molecule has 0 aliphatic heterocycles. The molecule has 1 heterocycles. The molecule has 1 atom stereocenters. The summed E-state index contributed by atoms with van der Waals surface area (Å²) in [5, 5.41) is 23.0. The fourth-order valence-electron chi connectivity index (χ4n) is 2.92. The Bertz CT molecular complexity index is 826. The second-order valence-corrected chi connectivity index (χ2v) is 6.81. The number of rotatable bonds is 7. The van der Waals surface area contributed by atoms with Gasteiger partial charge in [0, 0.05) is 31.0 Å². The summed E-state index contributed by atoms with van der Waals surface area (Å²) >= 11 is 0. The van der Waals surface area contributed by atoms with Gasteiger partial charge in [0.15, 0.2) is 5.96 Å². The first-order valence-corrected chi connectivity index (χ1v) is 9.43. The fourth-order valence-corrected chi connectivity index (χ4v) is 2.92. The van der Waals surface area contributed by atoms with Crippen LogP contribution in [0.15, 0.2) is 29.3 Å². The van der Waals surface area contributed by atoms with E-state index in [2.05, 4.69) is 39.9 Å². The van der Waals surface area contributed by atoms with Gasteiger partial charge in [-0.2, -0.15) is 5.10 Å². The Kier molecular flexibility index (Phi) is 7.43. The van der Waals surface area contributed by atoms with Crippen LogP contribution < -0.4 is 16.0 Å². The van der Waals surface area contributed by atoms with Gasteiger partial charge >= 0.3 is 0 Å². The van der Waals surface area contributed by atoms with Gasteiger partial charge in [0.25, 0.3) is 0 Å². The minimum Gasteiger partial charge on any atom is -0.508 e. The molecule has 0 bridgehead atoms. The molecule has 0 spiro atoms. The van der Waals surface area contributed by atoms with Crippen LogP contribution in [0.1, 0.15) is 30.8 Å². The van der Waals surface area contributed by atoms with E-state index in [1.807, 2.05) is 25.6 Å². The lowest BCUT2D eigenvalue weighted by atomic mass is 10.1. The normalized spacial score (nSPS) is 12.5. The molecule has 8 heteroatoms. The first kappa shape index (κ1) is 21.3. The molecule has 2 aromatic rings. The molecule has 0 aliphatic rings. The van der Waals surface area contributed by atoms with Crippen molar-refractivity contribution in [3.63, 3.8) is 0 Å². The number of phenolic OH excluding ortho intramolecular Hbond substituents is 1. The van der Waals surface area contributed by atoms with Crippen molar-refractivity contribution in [2.45, 2.75) is 40.2 Å². The standard InChI is InChI=1S/C20H30N6O2/c1-6-21-20(22-12-19(28)24-16-7-9-17(27)10-8-16)23-13(2)11-18-14(3)25-26(5)15(18)4/h7-10,13,27H,6,11-12H2,1-5H3,(H,24,28)(H2,21,22,23). The molecular formula is C20H30N6O2. The number of anilines is 1. The molecule has 1 unspecified atom stereocenters. The summed E-state index contributed by atoms with van der Waals surface area (Å²) in [6, 6.07) is 6.45. The third-order valence-electron chi connectivity index (χ3n) is 4.43. The summed E-state index contributed by atoms with van der Waals surface area (Å²) in [4.78, 5) is 16.5. The largest absolute Gasteiger partial charge is 0.508 e. The van der Waals surface area contributed by atoms with Crippen molar-refractivity contribution >= 4 is 17.6 Å². The second-order valence-electron chi connectivity index (χ2n) is 6.81. The highest BCUT2D eigenvalue weighted by Gasteiger charge is 2.14. The maximum Gasteiger partial charge on any atom is 0.246 e. The summed E-state index contributed by atoms with van der Waals surface area (Å²) in [5.74, 6) is 0.521. The third-order valence-corrected chi connectivity index (χ3v) is 4.43. The molecule has 2 rings (SSSR count). The average molecular weight is 387 g/mol. The van der Waals surface area contributed by atoms with E-state index in [0.29, 0.717) is 18.2 Å². The number of guanidine groups is 1. The van der Waals surface area contributed by atoms with E-state index in [-0.39, 0.29) is 24.2 Å². The van der Waals surface area contributed by atoms with E-state index in [9.17, 15) is 9.90 Å². The Labute approximate surface area is 166 Å². The lowest BCUT2D eigenvalue weighted by Crippen LogP contribution is -2.43. The van der Waals surface area contributed by atoms with Gasteiger partial charge in [0.05, 0.1) is 5.69 Å². The van der Waals surface area contributed by atoms with E-state index < -0.39 is 0 Å². The molecule has 28 heavy (non-hydrogen) atoms. The zero-order chi connectivity index (χ0) is 20.7. The van der Waals surface area contributed by atoms with Gasteiger partial charge < -0.3 is 21.1 Å². The van der Waals surface area contributed by atoms with E-state index in [1.165, 1.54) is 17.7 Å². The van der Waals surface area contributed by atoms with Crippen LogP contribution in [0.3, 0.4) is 0 Å². The van der Waals surface area contributed by atoms with Gasteiger partial charge in [-0.15, -0.1) is 0 Å².